The number of rotatable bonds is 14. The molecule has 2 N–H and O–H groups in total. The first-order valence-electron chi connectivity index (χ1n) is 12.4. The Bertz CT molecular complexity index is 1090. The van der Waals surface area contributed by atoms with Crippen molar-refractivity contribution in [2.45, 2.75) is 85.5 Å². The Labute approximate surface area is 211 Å². The van der Waals surface area contributed by atoms with Crippen molar-refractivity contribution in [2.24, 2.45) is 11.3 Å². The number of carbonyl (C=O) groups is 2. The highest BCUT2D eigenvalue weighted by atomic mass is 32.1. The summed E-state index contributed by atoms with van der Waals surface area (Å²) in [4.78, 5) is 39.4. The number of unbranched alkanes of at least 4 members (excludes halogenated alkanes) is 1. The summed E-state index contributed by atoms with van der Waals surface area (Å²) < 4.78 is 5.44. The molecule has 0 aliphatic carbocycles. The number of aliphatic carboxylic acids is 1. The number of ketones is 1. The van der Waals surface area contributed by atoms with E-state index < -0.39 is 28.7 Å². The molecule has 0 aromatic carbocycles. The van der Waals surface area contributed by atoms with E-state index in [2.05, 4.69) is 19.1 Å². The second kappa shape index (κ2) is 12.9. The topological polar surface area (TPSA) is 105 Å². The minimum absolute atomic E-state index is 0.227. The quantitative estimate of drug-likeness (QED) is 0.219. The van der Waals surface area contributed by atoms with Gasteiger partial charge < -0.3 is 14.6 Å². The summed E-state index contributed by atoms with van der Waals surface area (Å²) in [6.45, 7) is 9.98. The number of allylic oxidation sites excluding steroid dienone is 1. The lowest BCUT2D eigenvalue weighted by atomic mass is 9.71. The van der Waals surface area contributed by atoms with Gasteiger partial charge in [0.25, 0.3) is 0 Å². The molecule has 2 unspecified atom stereocenters. The maximum absolute atomic E-state index is 13.5. The van der Waals surface area contributed by atoms with Crippen LogP contribution in [0.3, 0.4) is 0 Å². The number of hydrogen-bond donors (Lipinski definition) is 2. The van der Waals surface area contributed by atoms with E-state index in [1.54, 1.807) is 11.3 Å². The van der Waals surface area contributed by atoms with Gasteiger partial charge in [0.1, 0.15) is 17.1 Å². The van der Waals surface area contributed by atoms with E-state index in [4.69, 9.17) is 9.52 Å². The van der Waals surface area contributed by atoms with E-state index in [1.165, 1.54) is 21.9 Å². The summed E-state index contributed by atoms with van der Waals surface area (Å²) in [5.74, 6) is -2.18. The van der Waals surface area contributed by atoms with Crippen LogP contribution in [0.15, 0.2) is 39.6 Å². The summed E-state index contributed by atoms with van der Waals surface area (Å²) >= 11 is 1.78. The lowest BCUT2D eigenvalue weighted by Gasteiger charge is -2.32. The van der Waals surface area contributed by atoms with Gasteiger partial charge in [-0.3, -0.25) is 4.79 Å². The Kier molecular flexibility index (Phi) is 10.5. The normalized spacial score (nSPS) is 13.7. The fraction of sp³-hybridized carbons (Fsp3) is 0.536. The van der Waals surface area contributed by atoms with Crippen LogP contribution >= 0.6 is 11.3 Å². The van der Waals surface area contributed by atoms with Gasteiger partial charge in [0.2, 0.25) is 0 Å². The van der Waals surface area contributed by atoms with Crippen LogP contribution in [0.5, 0.6) is 5.75 Å². The molecule has 6 nitrogen and oxygen atoms in total. The zero-order valence-electron chi connectivity index (χ0n) is 21.4. The Morgan fingerprint density at radius 2 is 1.89 bits per heavy atom. The van der Waals surface area contributed by atoms with Crippen molar-refractivity contribution in [1.29, 1.82) is 0 Å². The lowest BCUT2D eigenvalue weighted by molar-refractivity contribution is -0.131. The van der Waals surface area contributed by atoms with Crippen molar-refractivity contribution in [3.8, 4) is 5.75 Å². The molecule has 7 heteroatoms. The van der Waals surface area contributed by atoms with Crippen LogP contribution in [-0.4, -0.2) is 22.0 Å². The summed E-state index contributed by atoms with van der Waals surface area (Å²) in [7, 11) is 0. The number of carboxylic acids is 1. The molecule has 35 heavy (non-hydrogen) atoms. The number of carbonyl (C=O) groups excluding carboxylic acids is 1. The van der Waals surface area contributed by atoms with Gasteiger partial charge in [-0.05, 0) is 56.1 Å². The van der Waals surface area contributed by atoms with Gasteiger partial charge in [0.05, 0.1) is 0 Å². The molecule has 0 aliphatic heterocycles. The zero-order valence-corrected chi connectivity index (χ0v) is 22.2. The third kappa shape index (κ3) is 7.92. The molecular weight excluding hydrogens is 464 g/mol. The summed E-state index contributed by atoms with van der Waals surface area (Å²) in [5, 5.41) is 19.3. The zero-order chi connectivity index (χ0) is 26.2. The molecule has 192 valence electrons. The Balaban J connectivity index is 2.20. The smallest absolute Gasteiger partial charge is 0.350 e. The van der Waals surface area contributed by atoms with Crippen LogP contribution in [0.25, 0.3) is 0 Å². The first kappa shape index (κ1) is 28.6. The molecule has 2 heterocycles. The van der Waals surface area contributed by atoms with Gasteiger partial charge in [0, 0.05) is 33.7 Å². The Hall–Kier alpha value is -2.67. The number of aryl methyl sites for hydroxylation is 1. The Morgan fingerprint density at radius 3 is 2.49 bits per heavy atom. The van der Waals surface area contributed by atoms with Gasteiger partial charge in [-0.2, -0.15) is 0 Å². The van der Waals surface area contributed by atoms with Crippen molar-refractivity contribution in [3.63, 3.8) is 0 Å². The molecule has 0 amide bonds. The minimum Gasteiger partial charge on any atom is -0.507 e. The highest BCUT2D eigenvalue weighted by molar-refractivity contribution is 7.12. The molecule has 2 atom stereocenters. The van der Waals surface area contributed by atoms with Crippen LogP contribution in [0, 0.1) is 11.3 Å². The lowest BCUT2D eigenvalue weighted by Crippen LogP contribution is -2.34. The van der Waals surface area contributed by atoms with Crippen LogP contribution in [0.2, 0.25) is 0 Å². The van der Waals surface area contributed by atoms with Crippen molar-refractivity contribution in [2.75, 3.05) is 0 Å². The second-order valence-corrected chi connectivity index (χ2v) is 11.1. The molecule has 0 bridgehead atoms. The van der Waals surface area contributed by atoms with E-state index in [-0.39, 0.29) is 23.0 Å². The first-order chi connectivity index (χ1) is 16.5. The van der Waals surface area contributed by atoms with E-state index in [9.17, 15) is 19.5 Å². The van der Waals surface area contributed by atoms with Crippen molar-refractivity contribution in [3.05, 3.63) is 61.8 Å². The average molecular weight is 503 g/mol. The molecule has 2 aromatic heterocycles. The van der Waals surface area contributed by atoms with Crippen LogP contribution in [-0.2, 0) is 17.6 Å². The van der Waals surface area contributed by atoms with E-state index >= 15 is 0 Å². The molecule has 0 saturated heterocycles. The maximum atomic E-state index is 13.5. The van der Waals surface area contributed by atoms with E-state index in [0.717, 1.165) is 25.3 Å². The molecule has 2 rings (SSSR count). The van der Waals surface area contributed by atoms with Crippen molar-refractivity contribution in [1.82, 2.24) is 0 Å². The summed E-state index contributed by atoms with van der Waals surface area (Å²) in [6.07, 6.45) is 8.22. The van der Waals surface area contributed by atoms with Gasteiger partial charge >= 0.3 is 11.6 Å². The molecule has 0 spiro atoms. The van der Waals surface area contributed by atoms with E-state index in [1.807, 2.05) is 27.7 Å². The fourth-order valence-electron chi connectivity index (χ4n) is 4.48. The fourth-order valence-corrected chi connectivity index (χ4v) is 5.78. The minimum atomic E-state index is -1.02. The summed E-state index contributed by atoms with van der Waals surface area (Å²) in [5.41, 5.74) is -1.54. The molecule has 0 fully saturated rings. The number of thiophene rings is 1. The molecule has 0 radical (unpaired) electrons. The molecular formula is C28H38O6S. The first-order valence-corrected chi connectivity index (χ1v) is 13.2. The molecule has 0 aliphatic rings. The predicted molar refractivity (Wildman–Crippen MR) is 140 cm³/mol. The van der Waals surface area contributed by atoms with Crippen molar-refractivity contribution >= 4 is 23.1 Å². The Morgan fingerprint density at radius 1 is 1.20 bits per heavy atom. The van der Waals surface area contributed by atoms with E-state index in [0.29, 0.717) is 25.7 Å². The number of carboxylic acid groups (broad SMARTS) is 1. The maximum Gasteiger partial charge on any atom is 0.350 e. The second-order valence-electron chi connectivity index (χ2n) is 9.88. The third-order valence-electron chi connectivity index (χ3n) is 6.50. The van der Waals surface area contributed by atoms with Gasteiger partial charge in [-0.15, -0.1) is 11.3 Å². The molecule has 2 aromatic rings. The highest BCUT2D eigenvalue weighted by Crippen LogP contribution is 2.38. The van der Waals surface area contributed by atoms with Gasteiger partial charge in [0.15, 0.2) is 5.78 Å². The number of hydrogen-bond acceptors (Lipinski definition) is 6. The average Bonchev–Trinajstić information content (AvgIpc) is 3.21. The van der Waals surface area contributed by atoms with Gasteiger partial charge in [-0.25, -0.2) is 9.59 Å². The number of aromatic hydroxyl groups is 1. The van der Waals surface area contributed by atoms with Crippen LogP contribution in [0.4, 0.5) is 0 Å². The SMILES string of the molecule is CCCCc1ccc(CC(C)(C)C(CC)C(=O)c2c(O)cc(C(C)CCC=CC(=O)O)oc2=O)s1. The standard InChI is InChI=1S/C28H38O6S/c1-6-8-12-19-14-15-20(35-19)17-28(4,5)21(7-2)26(32)25-22(29)16-23(34-27(25)33)18(3)11-9-10-13-24(30)31/h10,13-16,18,21,29H,6-9,11-12,17H2,1-5H3,(H,30,31). The monoisotopic (exact) mass is 502 g/mol. The number of Topliss-reactive ketones (excluding diaryl/α,β-unsaturated/α-hetero) is 1. The predicted octanol–water partition coefficient (Wildman–Crippen LogP) is 6.75. The largest absolute Gasteiger partial charge is 0.507 e. The van der Waals surface area contributed by atoms with Crippen LogP contribution in [0.1, 0.15) is 98.5 Å². The van der Waals surface area contributed by atoms with Crippen molar-refractivity contribution < 1.29 is 24.2 Å². The van der Waals surface area contributed by atoms with Crippen LogP contribution < -0.4 is 5.63 Å². The van der Waals surface area contributed by atoms with Gasteiger partial charge in [-0.1, -0.05) is 47.1 Å². The summed E-state index contributed by atoms with van der Waals surface area (Å²) in [6, 6.07) is 5.63. The highest BCUT2D eigenvalue weighted by Gasteiger charge is 2.37. The molecule has 0 saturated carbocycles. The third-order valence-corrected chi connectivity index (χ3v) is 7.65.